The monoisotopic (exact) mass is 240 g/mol. The minimum atomic E-state index is 0.674. The third kappa shape index (κ3) is 1.32. The van der Waals surface area contributed by atoms with E-state index in [-0.39, 0.29) is 0 Å². The molecule has 3 aliphatic rings. The standard InChI is InChI=1S/C18H24/c1-9-11(3)15-7-17-13(5)10(2)14(6)18(17)8-16(15)12(9)4/h9-10H,7-8H2,1-6H3. The van der Waals surface area contributed by atoms with Gasteiger partial charge in [-0.1, -0.05) is 36.1 Å². The molecular weight excluding hydrogens is 216 g/mol. The molecule has 0 heterocycles. The lowest BCUT2D eigenvalue weighted by atomic mass is 9.82. The van der Waals surface area contributed by atoms with E-state index in [1.54, 1.807) is 44.6 Å². The Hall–Kier alpha value is -1.04. The third-order valence-electron chi connectivity index (χ3n) is 5.94. The maximum Gasteiger partial charge on any atom is -0.00149 e. The van der Waals surface area contributed by atoms with Crippen LogP contribution in [0.2, 0.25) is 0 Å². The molecule has 0 bridgehead atoms. The van der Waals surface area contributed by atoms with Gasteiger partial charge in [0.1, 0.15) is 0 Å². The second-order valence-electron chi connectivity index (χ2n) is 6.44. The van der Waals surface area contributed by atoms with Crippen LogP contribution in [0, 0.1) is 11.8 Å². The van der Waals surface area contributed by atoms with Crippen molar-refractivity contribution in [1.29, 1.82) is 0 Å². The fourth-order valence-electron chi connectivity index (χ4n) is 3.98. The second kappa shape index (κ2) is 3.73. The van der Waals surface area contributed by atoms with Gasteiger partial charge >= 0.3 is 0 Å². The Labute approximate surface area is 111 Å². The number of hydrogen-bond acceptors (Lipinski definition) is 0. The van der Waals surface area contributed by atoms with Gasteiger partial charge in [-0.2, -0.15) is 0 Å². The van der Waals surface area contributed by atoms with Crippen LogP contribution in [-0.4, -0.2) is 0 Å². The summed E-state index contributed by atoms with van der Waals surface area (Å²) >= 11 is 0. The second-order valence-corrected chi connectivity index (χ2v) is 6.44. The molecule has 0 aromatic carbocycles. The summed E-state index contributed by atoms with van der Waals surface area (Å²) in [5.41, 5.74) is 13.2. The van der Waals surface area contributed by atoms with Crippen molar-refractivity contribution in [1.82, 2.24) is 0 Å². The van der Waals surface area contributed by atoms with Gasteiger partial charge < -0.3 is 0 Å². The number of hydrogen-bond donors (Lipinski definition) is 0. The summed E-state index contributed by atoms with van der Waals surface area (Å²) in [5, 5.41) is 0. The Morgan fingerprint density at radius 3 is 1.00 bits per heavy atom. The van der Waals surface area contributed by atoms with E-state index < -0.39 is 0 Å². The Morgan fingerprint density at radius 2 is 0.778 bits per heavy atom. The first-order valence-corrected chi connectivity index (χ1v) is 7.22. The maximum absolute atomic E-state index is 2.36. The molecule has 0 aliphatic heterocycles. The van der Waals surface area contributed by atoms with Crippen molar-refractivity contribution in [3.05, 3.63) is 44.6 Å². The van der Waals surface area contributed by atoms with Gasteiger partial charge in [-0.3, -0.25) is 0 Å². The highest BCUT2D eigenvalue weighted by Gasteiger charge is 2.35. The molecule has 0 radical (unpaired) electrons. The van der Waals surface area contributed by atoms with Crippen molar-refractivity contribution >= 4 is 0 Å². The van der Waals surface area contributed by atoms with Gasteiger partial charge in [-0.15, -0.1) is 0 Å². The average molecular weight is 240 g/mol. The normalized spacial score (nSPS) is 25.7. The SMILES string of the molecule is CC1=C2CC3=C(C)C(C)C(C)=C3CC2=C(C)C1C. The minimum absolute atomic E-state index is 0.674. The van der Waals surface area contributed by atoms with E-state index in [4.69, 9.17) is 0 Å². The zero-order chi connectivity index (χ0) is 13.2. The van der Waals surface area contributed by atoms with Gasteiger partial charge in [0.05, 0.1) is 0 Å². The molecule has 0 spiro atoms. The van der Waals surface area contributed by atoms with Crippen molar-refractivity contribution in [2.45, 2.75) is 54.4 Å². The molecule has 0 nitrogen and oxygen atoms in total. The smallest absolute Gasteiger partial charge is 0.00149 e. The maximum atomic E-state index is 2.36. The lowest BCUT2D eigenvalue weighted by Gasteiger charge is -2.23. The molecule has 0 saturated heterocycles. The molecular formula is C18H24. The Kier molecular flexibility index (Phi) is 2.49. The molecule has 1 fully saturated rings. The molecule has 0 aromatic rings. The highest BCUT2D eigenvalue weighted by molar-refractivity contribution is 5.63. The molecule has 0 N–H and O–H groups in total. The fourth-order valence-corrected chi connectivity index (χ4v) is 3.98. The van der Waals surface area contributed by atoms with Crippen LogP contribution in [0.25, 0.3) is 0 Å². The zero-order valence-electron chi connectivity index (χ0n) is 12.6. The molecule has 18 heavy (non-hydrogen) atoms. The molecule has 3 rings (SSSR count). The average Bonchev–Trinajstić information content (AvgIpc) is 2.71. The van der Waals surface area contributed by atoms with Crippen molar-refractivity contribution in [3.63, 3.8) is 0 Å². The highest BCUT2D eigenvalue weighted by atomic mass is 14.4. The van der Waals surface area contributed by atoms with Crippen LogP contribution in [0.4, 0.5) is 0 Å². The van der Waals surface area contributed by atoms with E-state index in [9.17, 15) is 0 Å². The first kappa shape index (κ1) is 12.0. The van der Waals surface area contributed by atoms with E-state index in [1.807, 2.05) is 0 Å². The largest absolute Gasteiger partial charge is 0.0626 e. The molecule has 0 aromatic heterocycles. The van der Waals surface area contributed by atoms with E-state index in [2.05, 4.69) is 41.5 Å². The Balaban J connectivity index is 2.15. The van der Waals surface area contributed by atoms with Crippen LogP contribution in [0.1, 0.15) is 54.4 Å². The summed E-state index contributed by atoms with van der Waals surface area (Å²) in [6.45, 7) is 14.1. The molecule has 0 heteroatoms. The predicted octanol–water partition coefficient (Wildman–Crippen LogP) is 5.35. The first-order chi connectivity index (χ1) is 8.43. The van der Waals surface area contributed by atoms with Crippen LogP contribution in [0.15, 0.2) is 44.6 Å². The van der Waals surface area contributed by atoms with E-state index >= 15 is 0 Å². The summed E-state index contributed by atoms with van der Waals surface area (Å²) in [7, 11) is 0. The van der Waals surface area contributed by atoms with Crippen LogP contribution < -0.4 is 0 Å². The molecule has 0 unspecified atom stereocenters. The summed E-state index contributed by atoms with van der Waals surface area (Å²) in [6.07, 6.45) is 2.40. The summed E-state index contributed by atoms with van der Waals surface area (Å²) in [6, 6.07) is 0. The van der Waals surface area contributed by atoms with E-state index in [1.165, 1.54) is 12.8 Å². The van der Waals surface area contributed by atoms with Crippen LogP contribution in [-0.2, 0) is 0 Å². The summed E-state index contributed by atoms with van der Waals surface area (Å²) < 4.78 is 0. The van der Waals surface area contributed by atoms with Gasteiger partial charge in [0.2, 0.25) is 0 Å². The van der Waals surface area contributed by atoms with Gasteiger partial charge in [-0.05, 0) is 74.7 Å². The predicted molar refractivity (Wildman–Crippen MR) is 78.4 cm³/mol. The molecule has 96 valence electrons. The third-order valence-corrected chi connectivity index (χ3v) is 5.94. The van der Waals surface area contributed by atoms with Crippen LogP contribution >= 0.6 is 0 Å². The molecule has 1 saturated carbocycles. The first-order valence-electron chi connectivity index (χ1n) is 7.22. The zero-order valence-corrected chi connectivity index (χ0v) is 12.6. The van der Waals surface area contributed by atoms with Crippen molar-refractivity contribution in [2.75, 3.05) is 0 Å². The molecule has 0 atom stereocenters. The van der Waals surface area contributed by atoms with Gasteiger partial charge in [-0.25, -0.2) is 0 Å². The van der Waals surface area contributed by atoms with E-state index in [0.29, 0.717) is 11.8 Å². The Morgan fingerprint density at radius 1 is 0.556 bits per heavy atom. The van der Waals surface area contributed by atoms with Gasteiger partial charge in [0, 0.05) is 0 Å². The quantitative estimate of drug-likeness (QED) is 0.535. The fraction of sp³-hybridized carbons (Fsp3) is 0.556. The molecule has 0 amide bonds. The Bertz CT molecular complexity index is 461. The topological polar surface area (TPSA) is 0 Å². The lowest BCUT2D eigenvalue weighted by molar-refractivity contribution is 0.805. The molecule has 3 aliphatic carbocycles. The number of allylic oxidation sites excluding steroid dienone is 8. The van der Waals surface area contributed by atoms with Crippen LogP contribution in [0.3, 0.4) is 0 Å². The van der Waals surface area contributed by atoms with Crippen molar-refractivity contribution < 1.29 is 0 Å². The van der Waals surface area contributed by atoms with Crippen LogP contribution in [0.5, 0.6) is 0 Å². The summed E-state index contributed by atoms with van der Waals surface area (Å²) in [5.74, 6) is 1.35. The van der Waals surface area contributed by atoms with Crippen molar-refractivity contribution in [2.24, 2.45) is 11.8 Å². The highest BCUT2D eigenvalue weighted by Crippen LogP contribution is 2.52. The van der Waals surface area contributed by atoms with Gasteiger partial charge in [0.15, 0.2) is 0 Å². The van der Waals surface area contributed by atoms with Gasteiger partial charge in [0.25, 0.3) is 0 Å². The summed E-state index contributed by atoms with van der Waals surface area (Å²) in [4.78, 5) is 0. The van der Waals surface area contributed by atoms with Crippen molar-refractivity contribution in [3.8, 4) is 0 Å². The number of fused-ring (bicyclic) bond motifs is 2. The minimum Gasteiger partial charge on any atom is -0.0626 e. The lowest BCUT2D eigenvalue weighted by Crippen LogP contribution is -2.04. The number of rotatable bonds is 0. The van der Waals surface area contributed by atoms with E-state index in [0.717, 1.165) is 0 Å².